The molecule has 0 radical (unpaired) electrons. The highest BCUT2D eigenvalue weighted by molar-refractivity contribution is 5.07. The summed E-state index contributed by atoms with van der Waals surface area (Å²) in [6.45, 7) is 4.74. The van der Waals surface area contributed by atoms with Gasteiger partial charge in [-0.3, -0.25) is 0 Å². The smallest absolute Gasteiger partial charge is 0.0948 e. The van der Waals surface area contributed by atoms with Crippen LogP contribution in [-0.2, 0) is 6.54 Å². The van der Waals surface area contributed by atoms with Crippen molar-refractivity contribution in [2.24, 2.45) is 11.8 Å². The largest absolute Gasteiger partial charge is 0.333 e. The predicted molar refractivity (Wildman–Crippen MR) is 73.3 cm³/mol. The Balaban J connectivity index is 1.66. The molecule has 3 rings (SSSR count). The van der Waals surface area contributed by atoms with E-state index < -0.39 is 0 Å². The second-order valence-corrected chi connectivity index (χ2v) is 6.26. The van der Waals surface area contributed by atoms with E-state index in [2.05, 4.69) is 28.0 Å². The molecule has 0 amide bonds. The van der Waals surface area contributed by atoms with Crippen molar-refractivity contribution in [1.29, 1.82) is 0 Å². The molecule has 3 atom stereocenters. The summed E-state index contributed by atoms with van der Waals surface area (Å²) in [5, 5.41) is 3.58. The summed E-state index contributed by atoms with van der Waals surface area (Å²) in [5.41, 5.74) is 1.41. The van der Waals surface area contributed by atoms with Gasteiger partial charge in [-0.05, 0) is 44.1 Å². The van der Waals surface area contributed by atoms with E-state index >= 15 is 0 Å². The Morgan fingerprint density at radius 2 is 2.28 bits per heavy atom. The fraction of sp³-hybridized carbons (Fsp3) is 0.800. The number of aromatic nitrogens is 2. The maximum Gasteiger partial charge on any atom is 0.0948 e. The Bertz CT molecular complexity index is 379. The topological polar surface area (TPSA) is 29.9 Å². The van der Waals surface area contributed by atoms with E-state index in [4.69, 9.17) is 0 Å². The molecule has 0 bridgehead atoms. The first kappa shape index (κ1) is 12.2. The fourth-order valence-corrected chi connectivity index (χ4v) is 3.71. The summed E-state index contributed by atoms with van der Waals surface area (Å²) in [5.74, 6) is 1.78. The first-order chi connectivity index (χ1) is 8.83. The van der Waals surface area contributed by atoms with Crippen LogP contribution >= 0.6 is 0 Å². The van der Waals surface area contributed by atoms with Crippen LogP contribution in [0.2, 0.25) is 0 Å². The fourth-order valence-electron chi connectivity index (χ4n) is 3.71. The van der Waals surface area contributed by atoms with E-state index in [1.807, 2.05) is 6.33 Å². The lowest BCUT2D eigenvalue weighted by molar-refractivity contribution is 0.254. The highest BCUT2D eigenvalue weighted by atomic mass is 15.1. The summed E-state index contributed by atoms with van der Waals surface area (Å²) in [4.78, 5) is 4.37. The molecule has 1 aromatic heterocycles. The molecule has 1 aliphatic carbocycles. The van der Waals surface area contributed by atoms with Crippen molar-refractivity contribution in [2.75, 3.05) is 6.54 Å². The standard InChI is InChI=1S/C15H25N3/c1-12-4-2-5-13(8-12)10-18-11-16-9-15(18)14-6-3-7-17-14/h9,11-14,17H,2-8,10H2,1H3/t12?,13?,14-/m0/s1. The van der Waals surface area contributed by atoms with Crippen LogP contribution in [0.1, 0.15) is 57.2 Å². The van der Waals surface area contributed by atoms with Crippen LogP contribution in [-0.4, -0.2) is 16.1 Å². The van der Waals surface area contributed by atoms with Gasteiger partial charge in [0.2, 0.25) is 0 Å². The molecule has 1 aromatic rings. The molecule has 1 saturated heterocycles. The first-order valence-electron chi connectivity index (χ1n) is 7.56. The minimum absolute atomic E-state index is 0.550. The molecule has 1 saturated carbocycles. The monoisotopic (exact) mass is 247 g/mol. The highest BCUT2D eigenvalue weighted by Gasteiger charge is 2.23. The summed E-state index contributed by atoms with van der Waals surface area (Å²) in [6, 6.07) is 0.550. The van der Waals surface area contributed by atoms with Gasteiger partial charge in [0, 0.05) is 18.8 Å². The number of nitrogens with zero attached hydrogens (tertiary/aromatic N) is 2. The summed E-state index contributed by atoms with van der Waals surface area (Å²) in [7, 11) is 0. The van der Waals surface area contributed by atoms with Gasteiger partial charge in [0.05, 0.1) is 12.0 Å². The number of nitrogens with one attached hydrogen (secondary N) is 1. The Labute approximate surface area is 110 Å². The molecule has 1 N–H and O–H groups in total. The molecule has 18 heavy (non-hydrogen) atoms. The first-order valence-corrected chi connectivity index (χ1v) is 7.56. The molecule has 2 unspecified atom stereocenters. The van der Waals surface area contributed by atoms with E-state index in [0.29, 0.717) is 6.04 Å². The second kappa shape index (κ2) is 5.43. The van der Waals surface area contributed by atoms with Crippen molar-refractivity contribution < 1.29 is 0 Å². The lowest BCUT2D eigenvalue weighted by Crippen LogP contribution is -2.22. The normalized spacial score (nSPS) is 32.8. The second-order valence-electron chi connectivity index (χ2n) is 6.26. The van der Waals surface area contributed by atoms with Crippen LogP contribution in [0.5, 0.6) is 0 Å². The van der Waals surface area contributed by atoms with E-state index in [9.17, 15) is 0 Å². The van der Waals surface area contributed by atoms with Crippen LogP contribution < -0.4 is 5.32 Å². The average molecular weight is 247 g/mol. The lowest BCUT2D eigenvalue weighted by atomic mass is 9.82. The Hall–Kier alpha value is -0.830. The van der Waals surface area contributed by atoms with Crippen LogP contribution in [0.25, 0.3) is 0 Å². The molecular weight excluding hydrogens is 222 g/mol. The Morgan fingerprint density at radius 3 is 3.06 bits per heavy atom. The number of imidazole rings is 1. The maximum absolute atomic E-state index is 4.37. The quantitative estimate of drug-likeness (QED) is 0.889. The summed E-state index contributed by atoms with van der Waals surface area (Å²) in [6.07, 6.45) is 12.3. The number of rotatable bonds is 3. The minimum Gasteiger partial charge on any atom is -0.333 e. The number of hydrogen-bond donors (Lipinski definition) is 1. The number of hydrogen-bond acceptors (Lipinski definition) is 2. The van der Waals surface area contributed by atoms with Crippen molar-refractivity contribution in [2.45, 2.75) is 58.0 Å². The third kappa shape index (κ3) is 2.61. The molecule has 1 aliphatic heterocycles. The Morgan fingerprint density at radius 1 is 1.33 bits per heavy atom. The van der Waals surface area contributed by atoms with Gasteiger partial charge in [-0.2, -0.15) is 0 Å². The lowest BCUT2D eigenvalue weighted by Gasteiger charge is -2.28. The van der Waals surface area contributed by atoms with Gasteiger partial charge in [-0.15, -0.1) is 0 Å². The highest BCUT2D eigenvalue weighted by Crippen LogP contribution is 2.31. The summed E-state index contributed by atoms with van der Waals surface area (Å²) < 4.78 is 2.41. The molecular formula is C15H25N3. The van der Waals surface area contributed by atoms with Gasteiger partial charge in [0.25, 0.3) is 0 Å². The zero-order valence-corrected chi connectivity index (χ0v) is 11.4. The van der Waals surface area contributed by atoms with Gasteiger partial charge in [-0.25, -0.2) is 4.98 Å². The van der Waals surface area contributed by atoms with Crippen molar-refractivity contribution in [3.63, 3.8) is 0 Å². The zero-order chi connectivity index (χ0) is 12.4. The molecule has 2 aliphatic rings. The molecule has 0 aromatic carbocycles. The molecule has 3 nitrogen and oxygen atoms in total. The van der Waals surface area contributed by atoms with E-state index in [1.165, 1.54) is 50.8 Å². The average Bonchev–Trinajstić information content (AvgIpc) is 2.98. The minimum atomic E-state index is 0.550. The molecule has 100 valence electrons. The van der Waals surface area contributed by atoms with Gasteiger partial charge in [-0.1, -0.05) is 19.8 Å². The van der Waals surface area contributed by atoms with Crippen molar-refractivity contribution >= 4 is 0 Å². The van der Waals surface area contributed by atoms with E-state index in [1.54, 1.807) is 0 Å². The van der Waals surface area contributed by atoms with Crippen molar-refractivity contribution in [1.82, 2.24) is 14.9 Å². The van der Waals surface area contributed by atoms with Crippen molar-refractivity contribution in [3.05, 3.63) is 18.2 Å². The van der Waals surface area contributed by atoms with Crippen LogP contribution in [0.15, 0.2) is 12.5 Å². The van der Waals surface area contributed by atoms with Crippen LogP contribution in [0, 0.1) is 11.8 Å². The third-order valence-corrected chi connectivity index (χ3v) is 4.66. The molecule has 3 heteroatoms. The third-order valence-electron chi connectivity index (χ3n) is 4.66. The SMILES string of the molecule is CC1CCCC(Cn2cncc2[C@@H]2CCCN2)C1. The molecule has 0 spiro atoms. The van der Waals surface area contributed by atoms with Gasteiger partial charge < -0.3 is 9.88 Å². The summed E-state index contributed by atoms with van der Waals surface area (Å²) >= 11 is 0. The van der Waals surface area contributed by atoms with E-state index in [-0.39, 0.29) is 0 Å². The maximum atomic E-state index is 4.37. The molecule has 2 fully saturated rings. The van der Waals surface area contributed by atoms with Gasteiger partial charge in [0.15, 0.2) is 0 Å². The predicted octanol–water partition coefficient (Wildman–Crippen LogP) is 3.13. The molecule has 2 heterocycles. The Kier molecular flexibility index (Phi) is 3.69. The zero-order valence-electron chi connectivity index (χ0n) is 11.4. The van der Waals surface area contributed by atoms with E-state index in [0.717, 1.165) is 18.4 Å². The van der Waals surface area contributed by atoms with Crippen LogP contribution in [0.4, 0.5) is 0 Å². The van der Waals surface area contributed by atoms with Crippen LogP contribution in [0.3, 0.4) is 0 Å². The van der Waals surface area contributed by atoms with Gasteiger partial charge in [0.1, 0.15) is 0 Å². The van der Waals surface area contributed by atoms with Gasteiger partial charge >= 0.3 is 0 Å². The van der Waals surface area contributed by atoms with Crippen molar-refractivity contribution in [3.8, 4) is 0 Å².